The molecular weight excluding hydrogens is 374 g/mol. The summed E-state index contributed by atoms with van der Waals surface area (Å²) in [5, 5.41) is 18.8. The number of carbonyl (C=O) groups excluding carboxylic acids is 2. The van der Waals surface area contributed by atoms with Gasteiger partial charge in [-0.2, -0.15) is 0 Å². The van der Waals surface area contributed by atoms with E-state index in [1.165, 1.54) is 18.2 Å². The molecule has 0 radical (unpaired) electrons. The van der Waals surface area contributed by atoms with Crippen molar-refractivity contribution < 1.29 is 14.5 Å². The van der Waals surface area contributed by atoms with Gasteiger partial charge in [-0.1, -0.05) is 24.3 Å². The molecule has 29 heavy (non-hydrogen) atoms. The highest BCUT2D eigenvalue weighted by molar-refractivity contribution is 6.09. The van der Waals surface area contributed by atoms with Gasteiger partial charge >= 0.3 is 0 Å². The number of hydrazine groups is 1. The Morgan fingerprint density at radius 1 is 1.21 bits per heavy atom. The minimum absolute atomic E-state index is 0.122. The highest BCUT2D eigenvalue weighted by Gasteiger charge is 2.50. The number of rotatable bonds is 4. The molecular formula is C20H21N5O4. The Kier molecular flexibility index (Phi) is 4.99. The Labute approximate surface area is 167 Å². The summed E-state index contributed by atoms with van der Waals surface area (Å²) in [6, 6.07) is 15.2. The van der Waals surface area contributed by atoms with Crippen molar-refractivity contribution in [2.45, 2.75) is 19.1 Å². The summed E-state index contributed by atoms with van der Waals surface area (Å²) in [7, 11) is 0. The maximum atomic E-state index is 13.1. The Bertz CT molecular complexity index is 951. The van der Waals surface area contributed by atoms with Gasteiger partial charge in [-0.15, -0.1) is 0 Å². The number of Topliss-reactive ketones (excluding diaryl/α,β-unsaturated/α-hetero) is 1. The number of anilines is 2. The molecule has 0 saturated carbocycles. The Hall–Kier alpha value is -3.30. The van der Waals surface area contributed by atoms with Gasteiger partial charge in [-0.05, 0) is 25.1 Å². The largest absolute Gasteiger partial charge is 0.325 e. The topological polar surface area (TPSA) is 117 Å². The summed E-state index contributed by atoms with van der Waals surface area (Å²) >= 11 is 0. The normalized spacial score (nSPS) is 26.1. The fourth-order valence-electron chi connectivity index (χ4n) is 3.98. The SMILES string of the molecule is CC1NN(c2ccccc2)C2NCC(C(=O)Nc3cccc([N+](=O)[O-])c3)C(=O)C12. The fourth-order valence-corrected chi connectivity index (χ4v) is 3.98. The van der Waals surface area contributed by atoms with Crippen molar-refractivity contribution in [1.29, 1.82) is 0 Å². The van der Waals surface area contributed by atoms with Crippen molar-refractivity contribution >= 4 is 28.8 Å². The molecule has 9 nitrogen and oxygen atoms in total. The number of nitro groups is 1. The second-order valence-electron chi connectivity index (χ2n) is 7.25. The van der Waals surface area contributed by atoms with Crippen LogP contribution in [-0.4, -0.2) is 35.4 Å². The van der Waals surface area contributed by atoms with Crippen molar-refractivity contribution in [2.24, 2.45) is 11.8 Å². The average molecular weight is 395 g/mol. The van der Waals surface area contributed by atoms with Crippen molar-refractivity contribution in [3.05, 3.63) is 64.7 Å². The molecule has 2 saturated heterocycles. The summed E-state index contributed by atoms with van der Waals surface area (Å²) in [6.07, 6.45) is -0.248. The number of amides is 1. The van der Waals surface area contributed by atoms with Gasteiger partial charge in [-0.3, -0.25) is 30.0 Å². The van der Waals surface area contributed by atoms with Crippen LogP contribution in [0.4, 0.5) is 17.1 Å². The van der Waals surface area contributed by atoms with E-state index in [0.29, 0.717) is 5.69 Å². The van der Waals surface area contributed by atoms with Gasteiger partial charge < -0.3 is 5.32 Å². The molecule has 0 spiro atoms. The van der Waals surface area contributed by atoms with Crippen LogP contribution < -0.4 is 21.1 Å². The monoisotopic (exact) mass is 395 g/mol. The Morgan fingerprint density at radius 3 is 2.69 bits per heavy atom. The number of ketones is 1. The van der Waals surface area contributed by atoms with Gasteiger partial charge in [0.1, 0.15) is 12.1 Å². The summed E-state index contributed by atoms with van der Waals surface area (Å²) in [5.74, 6) is -1.87. The molecule has 2 aromatic carbocycles. The lowest BCUT2D eigenvalue weighted by Gasteiger charge is -2.35. The number of nitro benzene ring substituents is 1. The first-order valence-corrected chi connectivity index (χ1v) is 9.38. The van der Waals surface area contributed by atoms with Crippen molar-refractivity contribution in [1.82, 2.24) is 10.7 Å². The molecule has 4 atom stereocenters. The number of benzene rings is 2. The predicted molar refractivity (Wildman–Crippen MR) is 107 cm³/mol. The van der Waals surface area contributed by atoms with Crippen LogP contribution in [0.2, 0.25) is 0 Å². The summed E-state index contributed by atoms with van der Waals surface area (Å²) in [4.78, 5) is 36.2. The van der Waals surface area contributed by atoms with E-state index < -0.39 is 22.7 Å². The van der Waals surface area contributed by atoms with Crippen molar-refractivity contribution in [3.63, 3.8) is 0 Å². The molecule has 2 fully saturated rings. The molecule has 150 valence electrons. The lowest BCUT2D eigenvalue weighted by atomic mass is 9.83. The lowest BCUT2D eigenvalue weighted by Crippen LogP contribution is -2.58. The third kappa shape index (κ3) is 3.57. The molecule has 0 bridgehead atoms. The first kappa shape index (κ1) is 19.0. The standard InChI is InChI=1S/C20H21N5O4/c1-12-17-18(26)16(20(27)22-13-6-5-9-15(10-13)25(28)29)11-21-19(17)24(23-12)14-7-3-2-4-8-14/h2-10,12,16-17,19,21,23H,11H2,1H3,(H,22,27). The van der Waals surface area contributed by atoms with Crippen molar-refractivity contribution in [2.75, 3.05) is 16.9 Å². The number of hydrogen-bond acceptors (Lipinski definition) is 7. The number of para-hydroxylation sites is 1. The van der Waals surface area contributed by atoms with Gasteiger partial charge in [0, 0.05) is 30.4 Å². The van der Waals surface area contributed by atoms with Crippen LogP contribution in [0.25, 0.3) is 0 Å². The second kappa shape index (κ2) is 7.61. The third-order valence-electron chi connectivity index (χ3n) is 5.38. The molecule has 2 heterocycles. The number of non-ortho nitro benzene ring substituents is 1. The first-order valence-electron chi connectivity index (χ1n) is 9.38. The summed E-state index contributed by atoms with van der Waals surface area (Å²) in [6.45, 7) is 2.11. The van der Waals surface area contributed by atoms with E-state index in [1.807, 2.05) is 42.3 Å². The third-order valence-corrected chi connectivity index (χ3v) is 5.38. The highest BCUT2D eigenvalue weighted by Crippen LogP contribution is 2.32. The van der Waals surface area contributed by atoms with Crippen molar-refractivity contribution in [3.8, 4) is 0 Å². The fraction of sp³-hybridized carbons (Fsp3) is 0.300. The average Bonchev–Trinajstić information content (AvgIpc) is 3.06. The molecule has 1 amide bonds. The number of carbonyl (C=O) groups is 2. The molecule has 0 aromatic heterocycles. The van der Waals surface area contributed by atoms with Crippen LogP contribution in [-0.2, 0) is 9.59 Å². The Morgan fingerprint density at radius 2 is 1.97 bits per heavy atom. The van der Waals surface area contributed by atoms with Crippen LogP contribution >= 0.6 is 0 Å². The zero-order valence-corrected chi connectivity index (χ0v) is 15.7. The predicted octanol–water partition coefficient (Wildman–Crippen LogP) is 1.68. The number of nitrogens with one attached hydrogen (secondary N) is 3. The highest BCUT2D eigenvalue weighted by atomic mass is 16.6. The number of fused-ring (bicyclic) bond motifs is 1. The Balaban J connectivity index is 1.49. The summed E-state index contributed by atoms with van der Waals surface area (Å²) < 4.78 is 0. The minimum Gasteiger partial charge on any atom is -0.325 e. The van der Waals surface area contributed by atoms with Crippen LogP contribution in [0.3, 0.4) is 0 Å². The molecule has 9 heteroatoms. The van der Waals surface area contributed by atoms with Crippen LogP contribution in [0.1, 0.15) is 6.92 Å². The second-order valence-corrected chi connectivity index (χ2v) is 7.25. The van der Waals surface area contributed by atoms with Gasteiger partial charge in [0.25, 0.3) is 5.69 Å². The maximum absolute atomic E-state index is 13.1. The van der Waals surface area contributed by atoms with Gasteiger partial charge in [0.2, 0.25) is 5.91 Å². The van der Waals surface area contributed by atoms with Crippen LogP contribution in [0, 0.1) is 22.0 Å². The smallest absolute Gasteiger partial charge is 0.271 e. The molecule has 2 aliphatic heterocycles. The summed E-state index contributed by atoms with van der Waals surface area (Å²) in [5.41, 5.74) is 4.42. The van der Waals surface area contributed by atoms with Crippen LogP contribution in [0.5, 0.6) is 0 Å². The lowest BCUT2D eigenvalue weighted by molar-refractivity contribution is -0.384. The maximum Gasteiger partial charge on any atom is 0.271 e. The van der Waals surface area contributed by atoms with E-state index in [2.05, 4.69) is 16.1 Å². The van der Waals surface area contributed by atoms with E-state index in [1.54, 1.807) is 6.07 Å². The van der Waals surface area contributed by atoms with E-state index >= 15 is 0 Å². The minimum atomic E-state index is -0.865. The number of hydrogen-bond donors (Lipinski definition) is 3. The van der Waals surface area contributed by atoms with E-state index in [-0.39, 0.29) is 30.2 Å². The van der Waals surface area contributed by atoms with Gasteiger partial charge in [0.15, 0.2) is 5.78 Å². The molecule has 0 aliphatic carbocycles. The zero-order chi connectivity index (χ0) is 20.5. The zero-order valence-electron chi connectivity index (χ0n) is 15.7. The molecule has 2 aromatic rings. The van der Waals surface area contributed by atoms with E-state index in [4.69, 9.17) is 0 Å². The van der Waals surface area contributed by atoms with Gasteiger partial charge in [0.05, 0.1) is 16.5 Å². The molecule has 4 rings (SSSR count). The van der Waals surface area contributed by atoms with Crippen LogP contribution in [0.15, 0.2) is 54.6 Å². The number of piperidine rings is 1. The van der Waals surface area contributed by atoms with Gasteiger partial charge in [-0.25, -0.2) is 5.43 Å². The molecule has 3 N–H and O–H groups in total. The van der Waals surface area contributed by atoms with E-state index in [0.717, 1.165) is 5.69 Å². The molecule has 2 aliphatic rings. The molecule has 4 unspecified atom stereocenters. The number of nitrogens with zero attached hydrogens (tertiary/aromatic N) is 2. The first-order chi connectivity index (χ1) is 14.0. The van der Waals surface area contributed by atoms with E-state index in [9.17, 15) is 19.7 Å². The quantitative estimate of drug-likeness (QED) is 0.410.